The Bertz CT molecular complexity index is 1070. The molecule has 138 valence electrons. The van der Waals surface area contributed by atoms with Crippen LogP contribution < -0.4 is 20.7 Å². The van der Waals surface area contributed by atoms with Crippen molar-refractivity contribution in [2.75, 3.05) is 22.7 Å². The van der Waals surface area contributed by atoms with E-state index in [-0.39, 0.29) is 11.4 Å². The first-order valence-electron chi connectivity index (χ1n) is 8.87. The third kappa shape index (κ3) is 2.73. The lowest BCUT2D eigenvalue weighted by Gasteiger charge is -2.13. The average molecular weight is 365 g/mol. The molecule has 8 nitrogen and oxygen atoms in total. The first kappa shape index (κ1) is 15.9. The van der Waals surface area contributed by atoms with E-state index < -0.39 is 0 Å². The summed E-state index contributed by atoms with van der Waals surface area (Å²) in [6, 6.07) is 5.48. The minimum Gasteiger partial charge on any atom is -0.471 e. The van der Waals surface area contributed by atoms with Crippen LogP contribution >= 0.6 is 0 Å². The first-order valence-corrected chi connectivity index (χ1v) is 8.87. The molecule has 1 fully saturated rings. The zero-order chi connectivity index (χ0) is 18.6. The lowest BCUT2D eigenvalue weighted by Crippen LogP contribution is -2.18. The number of aromatic nitrogens is 2. The summed E-state index contributed by atoms with van der Waals surface area (Å²) in [6.07, 6.45) is 3.59. The molecule has 5 rings (SSSR count). The number of carbonyl (C=O) groups excluding carboxylic acids is 1. The number of nitrogens with zero attached hydrogens (tertiary/aromatic N) is 2. The number of benzene rings is 1. The number of rotatable bonds is 4. The second-order valence-corrected chi connectivity index (χ2v) is 7.25. The van der Waals surface area contributed by atoms with Gasteiger partial charge in [-0.3, -0.25) is 4.79 Å². The van der Waals surface area contributed by atoms with Gasteiger partial charge in [-0.1, -0.05) is 0 Å². The van der Waals surface area contributed by atoms with E-state index in [9.17, 15) is 4.79 Å². The van der Waals surface area contributed by atoms with Gasteiger partial charge in [0, 0.05) is 11.2 Å². The number of ether oxygens (including phenoxy) is 1. The third-order valence-electron chi connectivity index (χ3n) is 5.04. The fourth-order valence-electron chi connectivity index (χ4n) is 3.27. The molecule has 27 heavy (non-hydrogen) atoms. The Morgan fingerprint density at radius 1 is 1.30 bits per heavy atom. The van der Waals surface area contributed by atoms with Gasteiger partial charge in [-0.15, -0.1) is 0 Å². The molecule has 0 bridgehead atoms. The molecule has 2 aromatic heterocycles. The van der Waals surface area contributed by atoms with Gasteiger partial charge in [0.1, 0.15) is 23.7 Å². The van der Waals surface area contributed by atoms with Crippen LogP contribution in [0.1, 0.15) is 35.9 Å². The van der Waals surface area contributed by atoms with Crippen LogP contribution in [0.25, 0.3) is 11.1 Å². The molecule has 0 atom stereocenters. The van der Waals surface area contributed by atoms with Crippen molar-refractivity contribution in [1.82, 2.24) is 9.97 Å². The smallest absolute Gasteiger partial charge is 0.260 e. The van der Waals surface area contributed by atoms with Gasteiger partial charge >= 0.3 is 0 Å². The number of hydrogen-bond acceptors (Lipinski definition) is 7. The largest absolute Gasteiger partial charge is 0.471 e. The van der Waals surface area contributed by atoms with Crippen LogP contribution in [0.2, 0.25) is 0 Å². The summed E-state index contributed by atoms with van der Waals surface area (Å²) in [5.74, 6) is 1.65. The van der Waals surface area contributed by atoms with E-state index >= 15 is 0 Å². The lowest BCUT2D eigenvalue weighted by atomic mass is 10.1. The van der Waals surface area contributed by atoms with Crippen molar-refractivity contribution in [2.24, 2.45) is 0 Å². The predicted molar refractivity (Wildman–Crippen MR) is 101 cm³/mol. The van der Waals surface area contributed by atoms with Crippen molar-refractivity contribution in [3.8, 4) is 5.75 Å². The molecule has 0 radical (unpaired) electrons. The van der Waals surface area contributed by atoms with Gasteiger partial charge in [0.15, 0.2) is 6.73 Å². The summed E-state index contributed by atoms with van der Waals surface area (Å²) >= 11 is 0. The van der Waals surface area contributed by atoms with Crippen molar-refractivity contribution in [3.63, 3.8) is 0 Å². The molecule has 1 amide bonds. The van der Waals surface area contributed by atoms with Crippen LogP contribution in [0, 0.1) is 6.92 Å². The summed E-state index contributed by atoms with van der Waals surface area (Å²) < 4.78 is 11.1. The van der Waals surface area contributed by atoms with E-state index in [0.717, 1.165) is 24.3 Å². The molecule has 0 spiro atoms. The summed E-state index contributed by atoms with van der Waals surface area (Å²) in [5, 5.41) is 10.1. The zero-order valence-corrected chi connectivity index (χ0v) is 15.0. The second-order valence-electron chi connectivity index (χ2n) is 7.25. The Morgan fingerprint density at radius 2 is 2.15 bits per heavy atom. The highest BCUT2D eigenvalue weighted by Gasteiger charge is 2.38. The van der Waals surface area contributed by atoms with E-state index in [2.05, 4.69) is 32.8 Å². The molecule has 1 aliphatic heterocycles. The highest BCUT2D eigenvalue weighted by Crippen LogP contribution is 2.40. The van der Waals surface area contributed by atoms with Gasteiger partial charge < -0.3 is 25.1 Å². The predicted octanol–water partition coefficient (Wildman–Crippen LogP) is 3.51. The van der Waals surface area contributed by atoms with Gasteiger partial charge in [0.2, 0.25) is 5.71 Å². The maximum absolute atomic E-state index is 13.0. The molecular formula is C19H19N5O3. The van der Waals surface area contributed by atoms with Crippen molar-refractivity contribution in [2.45, 2.75) is 32.2 Å². The summed E-state index contributed by atoms with van der Waals surface area (Å²) in [6.45, 7) is 4.33. The van der Waals surface area contributed by atoms with Gasteiger partial charge in [-0.2, -0.15) is 0 Å². The molecule has 1 aromatic carbocycles. The first-order chi connectivity index (χ1) is 13.0. The minimum absolute atomic E-state index is 0.0197. The Morgan fingerprint density at radius 3 is 2.96 bits per heavy atom. The van der Waals surface area contributed by atoms with Crippen molar-refractivity contribution in [3.05, 3.63) is 35.9 Å². The van der Waals surface area contributed by atoms with Crippen LogP contribution in [0.4, 0.5) is 17.2 Å². The molecule has 0 saturated heterocycles. The summed E-state index contributed by atoms with van der Waals surface area (Å²) in [5.41, 5.74) is 2.40. The van der Waals surface area contributed by atoms with E-state index in [1.54, 1.807) is 6.92 Å². The number of amides is 1. The molecule has 1 aliphatic carbocycles. The van der Waals surface area contributed by atoms with Gasteiger partial charge in [-0.25, -0.2) is 9.97 Å². The Labute approximate surface area is 155 Å². The Kier molecular flexibility index (Phi) is 3.30. The molecule has 3 heterocycles. The van der Waals surface area contributed by atoms with Crippen LogP contribution in [0.3, 0.4) is 0 Å². The van der Waals surface area contributed by atoms with Crippen LogP contribution in [0.5, 0.6) is 5.75 Å². The van der Waals surface area contributed by atoms with Crippen LogP contribution in [-0.4, -0.2) is 28.1 Å². The van der Waals surface area contributed by atoms with Gasteiger partial charge in [-0.05, 0) is 44.9 Å². The maximum Gasteiger partial charge on any atom is 0.260 e. The van der Waals surface area contributed by atoms with Gasteiger partial charge in [0.05, 0.1) is 16.6 Å². The van der Waals surface area contributed by atoms with E-state index in [1.807, 2.05) is 18.2 Å². The molecule has 8 heteroatoms. The Balaban J connectivity index is 1.51. The number of furan rings is 1. The second kappa shape index (κ2) is 5.60. The molecular weight excluding hydrogens is 346 g/mol. The fourth-order valence-corrected chi connectivity index (χ4v) is 3.27. The van der Waals surface area contributed by atoms with Gasteiger partial charge in [0.25, 0.3) is 5.91 Å². The van der Waals surface area contributed by atoms with Crippen LogP contribution in [-0.2, 0) is 0 Å². The standard InChI is InChI=1S/C19H19N5O3/c1-10-14(17(25)23-11-3-4-13-12(7-11)22-9-26-13)15-16(24-19(2)5-6-19)20-8-21-18(15)27-10/h3-4,7-8,22H,5-6,9H2,1-2H3,(H,23,25)(H,20,21,24). The third-order valence-corrected chi connectivity index (χ3v) is 5.04. The molecule has 3 N–H and O–H groups in total. The number of aryl methyl sites for hydroxylation is 1. The molecule has 2 aliphatic rings. The fraction of sp³-hybridized carbons (Fsp3) is 0.316. The minimum atomic E-state index is -0.260. The topological polar surface area (TPSA) is 101 Å². The van der Waals surface area contributed by atoms with Crippen molar-refractivity contribution >= 4 is 34.2 Å². The van der Waals surface area contributed by atoms with Crippen LogP contribution in [0.15, 0.2) is 28.9 Å². The highest BCUT2D eigenvalue weighted by molar-refractivity contribution is 6.15. The summed E-state index contributed by atoms with van der Waals surface area (Å²) in [4.78, 5) is 21.6. The highest BCUT2D eigenvalue weighted by atomic mass is 16.5. The maximum atomic E-state index is 13.0. The number of anilines is 3. The van der Waals surface area contributed by atoms with Crippen molar-refractivity contribution in [1.29, 1.82) is 0 Å². The zero-order valence-electron chi connectivity index (χ0n) is 15.0. The number of nitrogens with one attached hydrogen (secondary N) is 3. The van der Waals surface area contributed by atoms with E-state index in [0.29, 0.717) is 40.7 Å². The molecule has 0 unspecified atom stereocenters. The number of carbonyl (C=O) groups is 1. The van der Waals surface area contributed by atoms with E-state index in [4.69, 9.17) is 9.15 Å². The average Bonchev–Trinajstić information content (AvgIpc) is 3.05. The molecule has 3 aromatic rings. The quantitative estimate of drug-likeness (QED) is 0.650. The lowest BCUT2D eigenvalue weighted by molar-refractivity contribution is 0.102. The number of hydrogen-bond donors (Lipinski definition) is 3. The summed E-state index contributed by atoms with van der Waals surface area (Å²) in [7, 11) is 0. The number of fused-ring (bicyclic) bond motifs is 2. The normalized spacial score (nSPS) is 16.4. The van der Waals surface area contributed by atoms with Crippen molar-refractivity contribution < 1.29 is 13.9 Å². The monoisotopic (exact) mass is 365 g/mol. The Hall–Kier alpha value is -3.29. The molecule has 1 saturated carbocycles. The SMILES string of the molecule is Cc1oc2ncnc(NC3(C)CC3)c2c1C(=O)Nc1ccc2c(c1)NCO2. The van der Waals surface area contributed by atoms with E-state index in [1.165, 1.54) is 6.33 Å².